The second-order valence-corrected chi connectivity index (χ2v) is 4.13. The van der Waals surface area contributed by atoms with Crippen LogP contribution >= 0.6 is 0 Å². The molecule has 0 bridgehead atoms. The molecule has 0 aliphatic rings. The highest BCUT2D eigenvalue weighted by atomic mass is 16.4. The minimum atomic E-state index is -0.947. The highest BCUT2D eigenvalue weighted by molar-refractivity contribution is 5.66. The van der Waals surface area contributed by atoms with Gasteiger partial charge in [-0.25, -0.2) is 0 Å². The molecule has 2 N–H and O–H groups in total. The lowest BCUT2D eigenvalue weighted by atomic mass is 10.2. The second kappa shape index (κ2) is 5.86. The topological polar surface area (TPSA) is 71.3 Å². The third-order valence-corrected chi connectivity index (χ3v) is 2.62. The SMILES string of the molecule is O=C(O)Cn1ccc(=O)c(NCc2ccccc2)c1. The van der Waals surface area contributed by atoms with E-state index in [1.807, 2.05) is 30.3 Å². The van der Waals surface area contributed by atoms with Crippen molar-refractivity contribution in [1.29, 1.82) is 0 Å². The number of benzene rings is 1. The van der Waals surface area contributed by atoms with Crippen molar-refractivity contribution >= 4 is 11.7 Å². The predicted octanol–water partition coefficient (Wildman–Crippen LogP) is 1.54. The van der Waals surface area contributed by atoms with E-state index in [4.69, 9.17) is 5.11 Å². The van der Waals surface area contributed by atoms with Crippen LogP contribution in [0.2, 0.25) is 0 Å². The van der Waals surface area contributed by atoms with Crippen LogP contribution in [-0.2, 0) is 17.9 Å². The molecule has 0 atom stereocenters. The van der Waals surface area contributed by atoms with E-state index in [0.29, 0.717) is 12.2 Å². The molecule has 1 heterocycles. The summed E-state index contributed by atoms with van der Waals surface area (Å²) in [6, 6.07) is 11.0. The Morgan fingerprint density at radius 1 is 1.21 bits per heavy atom. The number of anilines is 1. The number of carbonyl (C=O) groups is 1. The predicted molar refractivity (Wildman–Crippen MR) is 72.1 cm³/mol. The van der Waals surface area contributed by atoms with Crippen LogP contribution < -0.4 is 10.7 Å². The van der Waals surface area contributed by atoms with E-state index >= 15 is 0 Å². The molecule has 98 valence electrons. The number of hydrogen-bond acceptors (Lipinski definition) is 3. The molecule has 0 fully saturated rings. The molecule has 5 nitrogen and oxygen atoms in total. The molecule has 1 aromatic heterocycles. The van der Waals surface area contributed by atoms with E-state index in [0.717, 1.165) is 5.56 Å². The Balaban J connectivity index is 2.11. The quantitative estimate of drug-likeness (QED) is 0.853. The fourth-order valence-electron chi connectivity index (χ4n) is 1.71. The van der Waals surface area contributed by atoms with Crippen LogP contribution in [0.25, 0.3) is 0 Å². The molecule has 2 aromatic rings. The number of pyridine rings is 1. The Morgan fingerprint density at radius 2 is 1.95 bits per heavy atom. The number of carboxylic acid groups (broad SMARTS) is 1. The fraction of sp³-hybridized carbons (Fsp3) is 0.143. The first kappa shape index (κ1) is 12.9. The first-order valence-corrected chi connectivity index (χ1v) is 5.85. The maximum absolute atomic E-state index is 11.7. The Bertz CT molecular complexity index is 620. The maximum Gasteiger partial charge on any atom is 0.323 e. The molecule has 0 saturated carbocycles. The van der Waals surface area contributed by atoms with Crippen LogP contribution in [-0.4, -0.2) is 15.6 Å². The van der Waals surface area contributed by atoms with E-state index < -0.39 is 5.97 Å². The maximum atomic E-state index is 11.7. The first-order chi connectivity index (χ1) is 9.15. The van der Waals surface area contributed by atoms with E-state index in [1.54, 1.807) is 0 Å². The van der Waals surface area contributed by atoms with Gasteiger partial charge in [0.1, 0.15) is 6.54 Å². The largest absolute Gasteiger partial charge is 0.480 e. The van der Waals surface area contributed by atoms with Crippen molar-refractivity contribution in [3.05, 3.63) is 64.6 Å². The van der Waals surface area contributed by atoms with Gasteiger partial charge >= 0.3 is 5.97 Å². The van der Waals surface area contributed by atoms with Gasteiger partial charge < -0.3 is 15.0 Å². The zero-order valence-corrected chi connectivity index (χ0v) is 10.2. The van der Waals surface area contributed by atoms with Crippen molar-refractivity contribution in [2.75, 3.05) is 5.32 Å². The van der Waals surface area contributed by atoms with Gasteiger partial charge in [-0.05, 0) is 5.56 Å². The van der Waals surface area contributed by atoms with Gasteiger partial charge in [-0.1, -0.05) is 30.3 Å². The molecule has 0 radical (unpaired) electrons. The van der Waals surface area contributed by atoms with E-state index in [2.05, 4.69) is 5.32 Å². The Hall–Kier alpha value is -2.56. The smallest absolute Gasteiger partial charge is 0.323 e. The standard InChI is InChI=1S/C14H14N2O3/c17-13-6-7-16(10-14(18)19)9-12(13)15-8-11-4-2-1-3-5-11/h1-7,9,15H,8,10H2,(H,18,19). The summed E-state index contributed by atoms with van der Waals surface area (Å²) >= 11 is 0. The summed E-state index contributed by atoms with van der Waals surface area (Å²) in [5.41, 5.74) is 1.29. The number of nitrogens with zero attached hydrogens (tertiary/aromatic N) is 1. The van der Waals surface area contributed by atoms with Gasteiger partial charge in [0.05, 0.1) is 5.69 Å². The van der Waals surface area contributed by atoms with Crippen LogP contribution in [0.5, 0.6) is 0 Å². The van der Waals surface area contributed by atoms with Crippen molar-refractivity contribution in [2.24, 2.45) is 0 Å². The molecular formula is C14H14N2O3. The Labute approximate surface area is 110 Å². The lowest BCUT2D eigenvalue weighted by Crippen LogP contribution is -2.16. The molecular weight excluding hydrogens is 244 g/mol. The highest BCUT2D eigenvalue weighted by Crippen LogP contribution is 2.04. The summed E-state index contributed by atoms with van der Waals surface area (Å²) in [5.74, 6) is -0.947. The van der Waals surface area contributed by atoms with Gasteiger partial charge in [-0.2, -0.15) is 0 Å². The van der Waals surface area contributed by atoms with Crippen molar-refractivity contribution in [2.45, 2.75) is 13.1 Å². The molecule has 1 aromatic carbocycles. The molecule has 0 spiro atoms. The Kier molecular flexibility index (Phi) is 3.97. The summed E-state index contributed by atoms with van der Waals surface area (Å²) in [5, 5.41) is 11.7. The number of nitrogens with one attached hydrogen (secondary N) is 1. The molecule has 19 heavy (non-hydrogen) atoms. The summed E-state index contributed by atoms with van der Waals surface area (Å²) < 4.78 is 1.46. The van der Waals surface area contributed by atoms with Crippen molar-refractivity contribution in [1.82, 2.24) is 4.57 Å². The van der Waals surface area contributed by atoms with Gasteiger partial charge in [-0.15, -0.1) is 0 Å². The summed E-state index contributed by atoms with van der Waals surface area (Å²) in [6.07, 6.45) is 2.98. The molecule has 2 rings (SSSR count). The van der Waals surface area contributed by atoms with Gasteiger partial charge in [0.25, 0.3) is 0 Å². The minimum Gasteiger partial charge on any atom is -0.480 e. The molecule has 0 saturated heterocycles. The van der Waals surface area contributed by atoms with Gasteiger partial charge in [0.15, 0.2) is 0 Å². The lowest BCUT2D eigenvalue weighted by Gasteiger charge is -2.08. The average Bonchev–Trinajstić information content (AvgIpc) is 2.40. The van der Waals surface area contributed by atoms with Crippen LogP contribution in [0, 0.1) is 0 Å². The first-order valence-electron chi connectivity index (χ1n) is 5.85. The third-order valence-electron chi connectivity index (χ3n) is 2.62. The van der Waals surface area contributed by atoms with Crippen LogP contribution in [0.3, 0.4) is 0 Å². The normalized spacial score (nSPS) is 10.1. The number of aliphatic carboxylic acids is 1. The summed E-state index contributed by atoms with van der Waals surface area (Å²) in [4.78, 5) is 22.3. The lowest BCUT2D eigenvalue weighted by molar-refractivity contribution is -0.137. The molecule has 0 unspecified atom stereocenters. The summed E-state index contributed by atoms with van der Waals surface area (Å²) in [7, 11) is 0. The highest BCUT2D eigenvalue weighted by Gasteiger charge is 2.02. The van der Waals surface area contributed by atoms with Crippen LogP contribution in [0.4, 0.5) is 5.69 Å². The van der Waals surface area contributed by atoms with Crippen LogP contribution in [0.1, 0.15) is 5.56 Å². The Morgan fingerprint density at radius 3 is 2.63 bits per heavy atom. The number of rotatable bonds is 5. The molecule has 0 aliphatic carbocycles. The van der Waals surface area contributed by atoms with E-state index in [-0.39, 0.29) is 12.0 Å². The van der Waals surface area contributed by atoms with Gasteiger partial charge in [0.2, 0.25) is 5.43 Å². The summed E-state index contributed by atoms with van der Waals surface area (Å²) in [6.45, 7) is 0.355. The van der Waals surface area contributed by atoms with Crippen molar-refractivity contribution in [3.8, 4) is 0 Å². The zero-order valence-electron chi connectivity index (χ0n) is 10.2. The van der Waals surface area contributed by atoms with Crippen LogP contribution in [0.15, 0.2) is 53.6 Å². The van der Waals surface area contributed by atoms with Gasteiger partial charge in [0, 0.05) is 25.0 Å². The second-order valence-electron chi connectivity index (χ2n) is 4.13. The number of aromatic nitrogens is 1. The van der Waals surface area contributed by atoms with E-state index in [1.165, 1.54) is 23.0 Å². The number of hydrogen-bond donors (Lipinski definition) is 2. The molecule has 0 amide bonds. The molecule has 5 heteroatoms. The zero-order chi connectivity index (χ0) is 13.7. The molecule has 0 aliphatic heterocycles. The monoisotopic (exact) mass is 258 g/mol. The fourth-order valence-corrected chi connectivity index (χ4v) is 1.71. The average molecular weight is 258 g/mol. The van der Waals surface area contributed by atoms with E-state index in [9.17, 15) is 9.59 Å². The van der Waals surface area contributed by atoms with Crippen molar-refractivity contribution in [3.63, 3.8) is 0 Å². The minimum absolute atomic E-state index is 0.155. The van der Waals surface area contributed by atoms with Gasteiger partial charge in [-0.3, -0.25) is 9.59 Å². The third kappa shape index (κ3) is 3.70. The number of carboxylic acids is 1. The van der Waals surface area contributed by atoms with Crippen molar-refractivity contribution < 1.29 is 9.90 Å².